The van der Waals surface area contributed by atoms with Gasteiger partial charge in [0, 0.05) is 10.9 Å². The van der Waals surface area contributed by atoms with Crippen molar-refractivity contribution in [3.05, 3.63) is 109 Å². The lowest BCUT2D eigenvalue weighted by atomic mass is 9.92. The zero-order valence-corrected chi connectivity index (χ0v) is 18.4. The molecular formula is C28H19BF4O2. The highest BCUT2D eigenvalue weighted by Gasteiger charge is 2.34. The molecule has 0 bridgehead atoms. The summed E-state index contributed by atoms with van der Waals surface area (Å²) in [5, 5.41) is 2.32. The molecule has 5 aromatic rings. The molecule has 1 aliphatic rings. The molecule has 6 rings (SSSR count). The highest BCUT2D eigenvalue weighted by atomic mass is 19.5. The second kappa shape index (κ2) is 9.26. The Morgan fingerprint density at radius 3 is 1.97 bits per heavy atom. The van der Waals surface area contributed by atoms with Crippen LogP contribution in [0, 0.1) is 0 Å². The number of rotatable bonds is 2. The van der Waals surface area contributed by atoms with Crippen molar-refractivity contribution in [2.45, 2.75) is 6.61 Å². The molecule has 0 amide bonds. The summed E-state index contributed by atoms with van der Waals surface area (Å²) in [6.45, 7) is 0.490. The second-order valence-corrected chi connectivity index (χ2v) is 8.01. The molecule has 0 saturated carbocycles. The number of fused-ring (bicyclic) bond motifs is 5. The third-order valence-electron chi connectivity index (χ3n) is 5.72. The fourth-order valence-corrected chi connectivity index (χ4v) is 4.26. The lowest BCUT2D eigenvalue weighted by Crippen LogP contribution is -2.08. The average molecular weight is 474 g/mol. The number of hydrogen-bond acceptors (Lipinski definition) is 1. The van der Waals surface area contributed by atoms with Crippen molar-refractivity contribution in [1.82, 2.24) is 0 Å². The first-order chi connectivity index (χ1) is 16.9. The van der Waals surface area contributed by atoms with E-state index in [0.717, 1.165) is 50.5 Å². The summed E-state index contributed by atoms with van der Waals surface area (Å²) in [6.07, 6.45) is 0. The molecule has 2 heterocycles. The van der Waals surface area contributed by atoms with E-state index < -0.39 is 7.25 Å². The maximum atomic E-state index is 9.75. The normalized spacial score (nSPS) is 12.1. The van der Waals surface area contributed by atoms with Gasteiger partial charge in [-0.25, -0.2) is 4.42 Å². The number of ether oxygens (including phenoxy) is 1. The van der Waals surface area contributed by atoms with Crippen LogP contribution in [-0.2, 0) is 6.61 Å². The second-order valence-electron chi connectivity index (χ2n) is 8.01. The van der Waals surface area contributed by atoms with E-state index in [2.05, 4.69) is 72.8 Å². The van der Waals surface area contributed by atoms with Gasteiger partial charge in [0.2, 0.25) is 0 Å². The van der Waals surface area contributed by atoms with Crippen LogP contribution < -0.4 is 4.74 Å². The lowest BCUT2D eigenvalue weighted by molar-refractivity contribution is 0.296. The highest BCUT2D eigenvalue weighted by molar-refractivity contribution is 6.50. The van der Waals surface area contributed by atoms with Crippen molar-refractivity contribution in [1.29, 1.82) is 0 Å². The number of hydrogen-bond donors (Lipinski definition) is 0. The molecule has 4 aromatic carbocycles. The summed E-state index contributed by atoms with van der Waals surface area (Å²) in [7, 11) is -6.00. The van der Waals surface area contributed by atoms with E-state index in [1.54, 1.807) is 0 Å². The van der Waals surface area contributed by atoms with Gasteiger partial charge in [0.15, 0.2) is 0 Å². The van der Waals surface area contributed by atoms with Gasteiger partial charge >= 0.3 is 18.8 Å². The molecule has 0 aliphatic carbocycles. The van der Waals surface area contributed by atoms with Crippen LogP contribution in [0.5, 0.6) is 5.75 Å². The Morgan fingerprint density at radius 2 is 1.29 bits per heavy atom. The predicted molar refractivity (Wildman–Crippen MR) is 131 cm³/mol. The third kappa shape index (κ3) is 4.89. The fraction of sp³-hybridized carbons (Fsp3) is 0.0357. The minimum Gasteiger partial charge on any atom is -0.487 e. The topological polar surface area (TPSA) is 20.5 Å². The van der Waals surface area contributed by atoms with E-state index >= 15 is 0 Å². The van der Waals surface area contributed by atoms with Gasteiger partial charge in [-0.05, 0) is 29.1 Å². The van der Waals surface area contributed by atoms with E-state index in [1.165, 1.54) is 5.39 Å². The largest absolute Gasteiger partial charge is 0.673 e. The van der Waals surface area contributed by atoms with Crippen LogP contribution >= 0.6 is 0 Å². The summed E-state index contributed by atoms with van der Waals surface area (Å²) in [4.78, 5) is 0. The first kappa shape index (κ1) is 22.7. The van der Waals surface area contributed by atoms with Crippen molar-refractivity contribution < 1.29 is 26.4 Å². The molecule has 7 heteroatoms. The molecular weight excluding hydrogens is 455 g/mol. The first-order valence-electron chi connectivity index (χ1n) is 11.0. The smallest absolute Gasteiger partial charge is 0.487 e. The minimum absolute atomic E-state index is 0.490. The van der Waals surface area contributed by atoms with E-state index in [4.69, 9.17) is 9.15 Å². The van der Waals surface area contributed by atoms with Gasteiger partial charge in [-0.15, -0.1) is 0 Å². The summed E-state index contributed by atoms with van der Waals surface area (Å²) in [5.41, 5.74) is 5.49. The monoisotopic (exact) mass is 474 g/mol. The zero-order valence-electron chi connectivity index (χ0n) is 18.4. The standard InChI is InChI=1S/C28H19O2.BF4/c1-3-9-19(10-4-1)23-17-26(21-12-5-2-6-13-21)30-28-24(23)18-29-25-16-15-20-11-7-8-14-22(20)27(25)28;2-1(3,4)5/h1-17H,18H2;/q+1;-1. The number of benzene rings is 4. The van der Waals surface area contributed by atoms with Crippen molar-refractivity contribution in [3.63, 3.8) is 0 Å². The summed E-state index contributed by atoms with van der Waals surface area (Å²) < 4.78 is 51.8. The van der Waals surface area contributed by atoms with Gasteiger partial charge in [0.1, 0.15) is 23.5 Å². The van der Waals surface area contributed by atoms with Crippen LogP contribution in [0.25, 0.3) is 44.5 Å². The molecule has 35 heavy (non-hydrogen) atoms. The van der Waals surface area contributed by atoms with Crippen LogP contribution in [0.4, 0.5) is 17.3 Å². The Labute approximate surface area is 199 Å². The average Bonchev–Trinajstić information content (AvgIpc) is 2.87. The van der Waals surface area contributed by atoms with Gasteiger partial charge in [-0.1, -0.05) is 78.9 Å². The summed E-state index contributed by atoms with van der Waals surface area (Å²) >= 11 is 0. The Kier molecular flexibility index (Phi) is 5.99. The van der Waals surface area contributed by atoms with Crippen LogP contribution in [0.3, 0.4) is 0 Å². The van der Waals surface area contributed by atoms with E-state index in [0.29, 0.717) is 6.61 Å². The predicted octanol–water partition coefficient (Wildman–Crippen LogP) is 8.91. The van der Waals surface area contributed by atoms with Crippen LogP contribution in [-0.4, -0.2) is 7.25 Å². The van der Waals surface area contributed by atoms with Crippen molar-refractivity contribution in [2.24, 2.45) is 0 Å². The Bertz CT molecular complexity index is 1480. The SMILES string of the molecule is F[B-](F)(F)F.c1ccc(-c2cc(-c3ccccc3)c3c([o+]2)-c2c(ccc4ccccc24)OC3)cc1. The Hall–Kier alpha value is -4.13. The molecule has 0 fully saturated rings. The van der Waals surface area contributed by atoms with Gasteiger partial charge in [0.25, 0.3) is 0 Å². The van der Waals surface area contributed by atoms with Gasteiger partial charge in [-0.2, -0.15) is 0 Å². The highest BCUT2D eigenvalue weighted by Crippen LogP contribution is 2.46. The maximum Gasteiger partial charge on any atom is 0.673 e. The molecule has 0 atom stereocenters. The summed E-state index contributed by atoms with van der Waals surface area (Å²) in [5.74, 6) is 2.62. The molecule has 174 valence electrons. The quantitative estimate of drug-likeness (QED) is 0.145. The van der Waals surface area contributed by atoms with Crippen molar-refractivity contribution in [2.75, 3.05) is 0 Å². The molecule has 0 radical (unpaired) electrons. The van der Waals surface area contributed by atoms with E-state index in [1.807, 2.05) is 30.3 Å². The van der Waals surface area contributed by atoms with E-state index in [9.17, 15) is 17.3 Å². The maximum absolute atomic E-state index is 9.75. The molecule has 1 aliphatic heterocycles. The molecule has 1 aromatic heterocycles. The minimum atomic E-state index is -6.00. The van der Waals surface area contributed by atoms with Crippen LogP contribution in [0.2, 0.25) is 0 Å². The zero-order chi connectivity index (χ0) is 24.4. The molecule has 0 spiro atoms. The van der Waals surface area contributed by atoms with Crippen LogP contribution in [0.15, 0.2) is 108 Å². The molecule has 0 N–H and O–H groups in total. The Balaban J connectivity index is 0.000000464. The van der Waals surface area contributed by atoms with Crippen molar-refractivity contribution >= 4 is 18.0 Å². The lowest BCUT2D eigenvalue weighted by Gasteiger charge is -2.19. The number of halogens is 4. The fourth-order valence-electron chi connectivity index (χ4n) is 4.26. The molecule has 2 nitrogen and oxygen atoms in total. The van der Waals surface area contributed by atoms with Gasteiger partial charge in [-0.3, -0.25) is 0 Å². The molecule has 0 saturated heterocycles. The van der Waals surface area contributed by atoms with E-state index in [-0.39, 0.29) is 0 Å². The summed E-state index contributed by atoms with van der Waals surface area (Å²) in [6, 6.07) is 35.4. The Morgan fingerprint density at radius 1 is 0.686 bits per heavy atom. The van der Waals surface area contributed by atoms with Gasteiger partial charge in [0.05, 0.1) is 11.6 Å². The molecule has 0 unspecified atom stereocenters. The van der Waals surface area contributed by atoms with Crippen molar-refractivity contribution in [3.8, 4) is 39.5 Å². The first-order valence-corrected chi connectivity index (χ1v) is 11.0. The van der Waals surface area contributed by atoms with Gasteiger partial charge < -0.3 is 22.0 Å². The van der Waals surface area contributed by atoms with Crippen LogP contribution in [0.1, 0.15) is 5.56 Å². The third-order valence-corrected chi connectivity index (χ3v) is 5.72.